The van der Waals surface area contributed by atoms with E-state index in [1.54, 1.807) is 12.1 Å². The van der Waals surface area contributed by atoms with Crippen LogP contribution >= 0.6 is 0 Å². The maximum Gasteiger partial charge on any atom is 0.278 e. The molecule has 0 saturated heterocycles. The number of halogens is 1. The lowest BCUT2D eigenvalue weighted by atomic mass is 9.94. The van der Waals surface area contributed by atoms with Crippen molar-refractivity contribution in [3.05, 3.63) is 77.2 Å². The minimum atomic E-state index is -0.363. The van der Waals surface area contributed by atoms with Gasteiger partial charge in [0, 0.05) is 19.1 Å². The summed E-state index contributed by atoms with van der Waals surface area (Å²) in [5.74, 6) is -0.831. The molecule has 1 heterocycles. The minimum absolute atomic E-state index is 0.0536. The summed E-state index contributed by atoms with van der Waals surface area (Å²) in [5, 5.41) is 0. The highest BCUT2D eigenvalue weighted by atomic mass is 19.1. The third-order valence-corrected chi connectivity index (χ3v) is 6.08. The molecule has 2 aromatic carbocycles. The van der Waals surface area contributed by atoms with Gasteiger partial charge in [0.05, 0.1) is 5.57 Å². The molecular formula is C25H27FN2O2. The van der Waals surface area contributed by atoms with E-state index in [1.807, 2.05) is 42.2 Å². The number of carbonyl (C=O) groups excluding carboxylic acids is 2. The van der Waals surface area contributed by atoms with Crippen LogP contribution in [0.1, 0.15) is 50.2 Å². The normalized spacial score (nSPS) is 17.7. The number of amides is 2. The van der Waals surface area contributed by atoms with Gasteiger partial charge in [-0.2, -0.15) is 0 Å². The fraction of sp³-hybridized carbons (Fsp3) is 0.360. The first kappa shape index (κ1) is 20.3. The van der Waals surface area contributed by atoms with Crippen LogP contribution in [0.25, 0.3) is 5.57 Å². The maximum absolute atomic E-state index is 13.6. The summed E-state index contributed by atoms with van der Waals surface area (Å²) in [6, 6.07) is 15.7. The van der Waals surface area contributed by atoms with Crippen LogP contribution in [0.4, 0.5) is 4.39 Å². The second-order valence-electron chi connectivity index (χ2n) is 8.00. The Kier molecular flexibility index (Phi) is 5.98. The molecule has 0 unspecified atom stereocenters. The molecule has 2 amide bonds. The van der Waals surface area contributed by atoms with Crippen molar-refractivity contribution in [2.75, 3.05) is 6.54 Å². The molecule has 0 atom stereocenters. The molecule has 0 bridgehead atoms. The van der Waals surface area contributed by atoms with Gasteiger partial charge in [0.25, 0.3) is 11.8 Å². The Morgan fingerprint density at radius 1 is 0.933 bits per heavy atom. The van der Waals surface area contributed by atoms with E-state index in [4.69, 9.17) is 0 Å². The molecule has 30 heavy (non-hydrogen) atoms. The van der Waals surface area contributed by atoms with E-state index in [9.17, 15) is 14.0 Å². The first-order chi connectivity index (χ1) is 14.6. The molecule has 5 heteroatoms. The summed E-state index contributed by atoms with van der Waals surface area (Å²) >= 11 is 0. The van der Waals surface area contributed by atoms with E-state index in [-0.39, 0.29) is 23.7 Å². The summed E-state index contributed by atoms with van der Waals surface area (Å²) in [4.78, 5) is 30.5. The van der Waals surface area contributed by atoms with Gasteiger partial charge in [-0.3, -0.25) is 14.5 Å². The number of hydrogen-bond acceptors (Lipinski definition) is 3. The van der Waals surface area contributed by atoms with Crippen LogP contribution < -0.4 is 0 Å². The van der Waals surface area contributed by atoms with Crippen molar-refractivity contribution >= 4 is 17.4 Å². The van der Waals surface area contributed by atoms with E-state index >= 15 is 0 Å². The van der Waals surface area contributed by atoms with Gasteiger partial charge in [0.1, 0.15) is 11.5 Å². The molecule has 1 fully saturated rings. The Morgan fingerprint density at radius 3 is 2.23 bits per heavy atom. The van der Waals surface area contributed by atoms with E-state index in [2.05, 4.69) is 0 Å². The molecule has 2 aliphatic rings. The minimum Gasteiger partial charge on any atom is -0.362 e. The van der Waals surface area contributed by atoms with Crippen molar-refractivity contribution in [3.8, 4) is 0 Å². The number of carbonyl (C=O) groups is 2. The lowest BCUT2D eigenvalue weighted by molar-refractivity contribution is -0.141. The van der Waals surface area contributed by atoms with E-state index in [0.717, 1.165) is 37.7 Å². The summed E-state index contributed by atoms with van der Waals surface area (Å²) in [5.41, 5.74) is 2.49. The zero-order valence-electron chi connectivity index (χ0n) is 17.3. The molecule has 156 valence electrons. The number of likely N-dealkylation sites (N-methyl/N-ethyl adjacent to an activating group) is 1. The molecule has 4 nitrogen and oxygen atoms in total. The Hall–Kier alpha value is -2.95. The highest BCUT2D eigenvalue weighted by molar-refractivity contribution is 6.35. The second-order valence-corrected chi connectivity index (χ2v) is 8.00. The highest BCUT2D eigenvalue weighted by Gasteiger charge is 2.44. The third kappa shape index (κ3) is 3.89. The Balaban J connectivity index is 1.76. The van der Waals surface area contributed by atoms with E-state index in [0.29, 0.717) is 29.9 Å². The lowest BCUT2D eigenvalue weighted by Gasteiger charge is -2.31. The Morgan fingerprint density at radius 2 is 1.60 bits per heavy atom. The second kappa shape index (κ2) is 8.82. The van der Waals surface area contributed by atoms with Crippen molar-refractivity contribution < 1.29 is 14.0 Å². The first-order valence-corrected chi connectivity index (χ1v) is 10.8. The predicted molar refractivity (Wildman–Crippen MR) is 115 cm³/mol. The average molecular weight is 407 g/mol. The fourth-order valence-corrected chi connectivity index (χ4v) is 4.53. The number of benzene rings is 2. The zero-order chi connectivity index (χ0) is 21.1. The molecule has 0 radical (unpaired) electrons. The summed E-state index contributed by atoms with van der Waals surface area (Å²) in [6.45, 7) is 3.11. The van der Waals surface area contributed by atoms with Gasteiger partial charge in [-0.05, 0) is 43.0 Å². The van der Waals surface area contributed by atoms with Crippen molar-refractivity contribution in [2.24, 2.45) is 0 Å². The van der Waals surface area contributed by atoms with Crippen LogP contribution in [0.15, 0.2) is 60.3 Å². The summed E-state index contributed by atoms with van der Waals surface area (Å²) in [6.07, 6.45) is 4.92. The SMILES string of the molecule is CCN(Cc1ccccc1)C1=C(c2ccc(F)cc2)C(=O)N(C2CCCCC2)C1=O. The molecule has 0 N–H and O–H groups in total. The van der Waals surface area contributed by atoms with Gasteiger partial charge in [-0.1, -0.05) is 61.7 Å². The van der Waals surface area contributed by atoms with Gasteiger partial charge in [0.15, 0.2) is 0 Å². The molecule has 0 spiro atoms. The van der Waals surface area contributed by atoms with Crippen LogP contribution in [0, 0.1) is 5.82 Å². The van der Waals surface area contributed by atoms with Gasteiger partial charge in [0.2, 0.25) is 0 Å². The van der Waals surface area contributed by atoms with Crippen molar-refractivity contribution in [3.63, 3.8) is 0 Å². The molecule has 0 aromatic heterocycles. The molecular weight excluding hydrogens is 379 g/mol. The first-order valence-electron chi connectivity index (χ1n) is 10.8. The molecule has 2 aromatic rings. The quantitative estimate of drug-likeness (QED) is 0.650. The van der Waals surface area contributed by atoms with Crippen molar-refractivity contribution in [2.45, 2.75) is 51.6 Å². The van der Waals surface area contributed by atoms with Gasteiger partial charge < -0.3 is 4.90 Å². The largest absolute Gasteiger partial charge is 0.362 e. The highest BCUT2D eigenvalue weighted by Crippen LogP contribution is 2.36. The Labute approximate surface area is 177 Å². The number of nitrogens with zero attached hydrogens (tertiary/aromatic N) is 2. The van der Waals surface area contributed by atoms with Crippen molar-refractivity contribution in [1.29, 1.82) is 0 Å². The van der Waals surface area contributed by atoms with E-state index < -0.39 is 0 Å². The zero-order valence-corrected chi connectivity index (χ0v) is 17.3. The third-order valence-electron chi connectivity index (χ3n) is 6.08. The van der Waals surface area contributed by atoms with Crippen molar-refractivity contribution in [1.82, 2.24) is 9.80 Å². The van der Waals surface area contributed by atoms with Gasteiger partial charge in [-0.15, -0.1) is 0 Å². The monoisotopic (exact) mass is 406 g/mol. The van der Waals surface area contributed by atoms with E-state index in [1.165, 1.54) is 17.0 Å². The number of imide groups is 1. The van der Waals surface area contributed by atoms with Crippen LogP contribution in [0.5, 0.6) is 0 Å². The fourth-order valence-electron chi connectivity index (χ4n) is 4.53. The van der Waals surface area contributed by atoms with Gasteiger partial charge in [-0.25, -0.2) is 4.39 Å². The number of hydrogen-bond donors (Lipinski definition) is 0. The summed E-state index contributed by atoms with van der Waals surface area (Å²) < 4.78 is 13.5. The maximum atomic E-state index is 13.6. The smallest absolute Gasteiger partial charge is 0.278 e. The average Bonchev–Trinajstić information content (AvgIpc) is 3.04. The molecule has 1 saturated carbocycles. The molecule has 1 aliphatic heterocycles. The standard InChI is InChI=1S/C25H27FN2O2/c1-2-27(17-18-9-5-3-6-10-18)23-22(19-13-15-20(26)16-14-19)24(29)28(25(23)30)21-11-7-4-8-12-21/h3,5-6,9-10,13-16,21H,2,4,7-8,11-12,17H2,1H3. The molecule has 4 rings (SSSR count). The van der Waals surface area contributed by atoms with Crippen LogP contribution in [0.3, 0.4) is 0 Å². The topological polar surface area (TPSA) is 40.6 Å². The molecule has 1 aliphatic carbocycles. The van der Waals surface area contributed by atoms with Crippen LogP contribution in [0.2, 0.25) is 0 Å². The number of rotatable bonds is 6. The predicted octanol–water partition coefficient (Wildman–Crippen LogP) is 4.76. The van der Waals surface area contributed by atoms with Crippen LogP contribution in [-0.2, 0) is 16.1 Å². The Bertz CT molecular complexity index is 947. The van der Waals surface area contributed by atoms with Crippen LogP contribution in [-0.4, -0.2) is 34.2 Å². The van der Waals surface area contributed by atoms with Gasteiger partial charge >= 0.3 is 0 Å². The summed E-state index contributed by atoms with van der Waals surface area (Å²) in [7, 11) is 0. The lowest BCUT2D eigenvalue weighted by Crippen LogP contribution is -2.43.